The molecule has 17 heavy (non-hydrogen) atoms. The van der Waals surface area contributed by atoms with Gasteiger partial charge in [0.2, 0.25) is 0 Å². The fraction of sp³-hybridized carbons (Fsp3) is 0.625. The lowest BCUT2D eigenvalue weighted by Crippen LogP contribution is -2.32. The molecule has 3 atom stereocenters. The average molecular weight is 231 g/mol. The van der Waals surface area contributed by atoms with E-state index < -0.39 is 0 Å². The van der Waals surface area contributed by atoms with E-state index in [0.29, 0.717) is 0 Å². The summed E-state index contributed by atoms with van der Waals surface area (Å²) in [5, 5.41) is 3.62. The summed E-state index contributed by atoms with van der Waals surface area (Å²) in [4.78, 5) is 0. The van der Waals surface area contributed by atoms with Crippen molar-refractivity contribution in [3.05, 3.63) is 35.4 Å². The Balaban J connectivity index is 1.94. The highest BCUT2D eigenvalue weighted by Gasteiger charge is 2.31. The molecule has 2 rings (SSSR count). The van der Waals surface area contributed by atoms with E-state index in [2.05, 4.69) is 50.4 Å². The standard InChI is InChI=1S/C16H25N/c1-4-17-16-10-9-15(13(16)3)11-14-7-5-12(2)6-8-14/h5-8,13,15-17H,4,9-11H2,1-3H3. The number of hydrogen-bond acceptors (Lipinski definition) is 1. The van der Waals surface area contributed by atoms with Crippen LogP contribution < -0.4 is 5.32 Å². The van der Waals surface area contributed by atoms with Crippen LogP contribution in [0.4, 0.5) is 0 Å². The van der Waals surface area contributed by atoms with Gasteiger partial charge in [-0.1, -0.05) is 43.7 Å². The molecule has 1 saturated carbocycles. The third-order valence-corrected chi connectivity index (χ3v) is 4.31. The summed E-state index contributed by atoms with van der Waals surface area (Å²) in [6.45, 7) is 7.88. The number of aryl methyl sites for hydroxylation is 1. The highest BCUT2D eigenvalue weighted by Crippen LogP contribution is 2.34. The molecule has 0 saturated heterocycles. The van der Waals surface area contributed by atoms with Gasteiger partial charge in [-0.15, -0.1) is 0 Å². The predicted molar refractivity (Wildman–Crippen MR) is 74.2 cm³/mol. The van der Waals surface area contributed by atoms with Gasteiger partial charge in [0.05, 0.1) is 0 Å². The van der Waals surface area contributed by atoms with Crippen LogP contribution in [-0.2, 0) is 6.42 Å². The van der Waals surface area contributed by atoms with Gasteiger partial charge in [0.25, 0.3) is 0 Å². The van der Waals surface area contributed by atoms with Crippen molar-refractivity contribution in [3.63, 3.8) is 0 Å². The molecule has 0 heterocycles. The maximum Gasteiger partial charge on any atom is 0.00954 e. The molecule has 0 spiro atoms. The summed E-state index contributed by atoms with van der Waals surface area (Å²) >= 11 is 0. The summed E-state index contributed by atoms with van der Waals surface area (Å²) in [6, 6.07) is 9.80. The highest BCUT2D eigenvalue weighted by atomic mass is 14.9. The van der Waals surface area contributed by atoms with E-state index in [4.69, 9.17) is 0 Å². The average Bonchev–Trinajstić information content (AvgIpc) is 2.65. The summed E-state index contributed by atoms with van der Waals surface area (Å²) in [6.07, 6.45) is 3.99. The van der Waals surface area contributed by atoms with Crippen molar-refractivity contribution >= 4 is 0 Å². The maximum atomic E-state index is 3.62. The Morgan fingerprint density at radius 3 is 2.53 bits per heavy atom. The normalized spacial score (nSPS) is 28.5. The molecular formula is C16H25N. The van der Waals surface area contributed by atoms with Crippen LogP contribution in [0.15, 0.2) is 24.3 Å². The summed E-state index contributed by atoms with van der Waals surface area (Å²) in [5.74, 6) is 1.68. The molecule has 1 aliphatic carbocycles. The van der Waals surface area contributed by atoms with E-state index in [-0.39, 0.29) is 0 Å². The fourth-order valence-electron chi connectivity index (χ4n) is 3.11. The van der Waals surface area contributed by atoms with Crippen molar-refractivity contribution in [1.29, 1.82) is 0 Å². The topological polar surface area (TPSA) is 12.0 Å². The van der Waals surface area contributed by atoms with Crippen molar-refractivity contribution in [3.8, 4) is 0 Å². The Bertz CT molecular complexity index is 341. The molecule has 0 radical (unpaired) electrons. The van der Waals surface area contributed by atoms with Gasteiger partial charge in [-0.3, -0.25) is 0 Å². The zero-order valence-corrected chi connectivity index (χ0v) is 11.4. The molecule has 0 aliphatic heterocycles. The van der Waals surface area contributed by atoms with Gasteiger partial charge in [-0.25, -0.2) is 0 Å². The molecule has 1 aromatic rings. The monoisotopic (exact) mass is 231 g/mol. The zero-order valence-electron chi connectivity index (χ0n) is 11.4. The fourth-order valence-corrected chi connectivity index (χ4v) is 3.11. The van der Waals surface area contributed by atoms with Gasteiger partial charge in [-0.05, 0) is 50.1 Å². The number of nitrogens with one attached hydrogen (secondary N) is 1. The molecule has 0 amide bonds. The van der Waals surface area contributed by atoms with Crippen molar-refractivity contribution < 1.29 is 0 Å². The van der Waals surface area contributed by atoms with Gasteiger partial charge in [0.15, 0.2) is 0 Å². The minimum absolute atomic E-state index is 0.746. The Hall–Kier alpha value is -0.820. The Morgan fingerprint density at radius 1 is 1.18 bits per heavy atom. The van der Waals surface area contributed by atoms with Crippen LogP contribution in [0.1, 0.15) is 37.8 Å². The second-order valence-corrected chi connectivity index (χ2v) is 5.55. The van der Waals surface area contributed by atoms with Crippen LogP contribution in [0.2, 0.25) is 0 Å². The second kappa shape index (κ2) is 5.68. The molecule has 1 N–H and O–H groups in total. The first kappa shape index (κ1) is 12.6. The van der Waals surface area contributed by atoms with Crippen LogP contribution in [0.5, 0.6) is 0 Å². The minimum atomic E-state index is 0.746. The van der Waals surface area contributed by atoms with Gasteiger partial charge < -0.3 is 5.32 Å². The van der Waals surface area contributed by atoms with Gasteiger partial charge in [0, 0.05) is 6.04 Å². The van der Waals surface area contributed by atoms with E-state index >= 15 is 0 Å². The van der Waals surface area contributed by atoms with Crippen LogP contribution in [0.25, 0.3) is 0 Å². The zero-order chi connectivity index (χ0) is 12.3. The van der Waals surface area contributed by atoms with Crippen LogP contribution in [-0.4, -0.2) is 12.6 Å². The van der Waals surface area contributed by atoms with E-state index in [1.807, 2.05) is 0 Å². The smallest absolute Gasteiger partial charge is 0.00954 e. The van der Waals surface area contributed by atoms with Gasteiger partial charge in [0.1, 0.15) is 0 Å². The van der Waals surface area contributed by atoms with Gasteiger partial charge >= 0.3 is 0 Å². The predicted octanol–water partition coefficient (Wildman–Crippen LogP) is 3.56. The van der Waals surface area contributed by atoms with Gasteiger partial charge in [-0.2, -0.15) is 0 Å². The molecule has 1 aliphatic rings. The Kier molecular flexibility index (Phi) is 4.22. The van der Waals surface area contributed by atoms with Crippen molar-refractivity contribution in [2.24, 2.45) is 11.8 Å². The quantitative estimate of drug-likeness (QED) is 0.835. The molecule has 0 aromatic heterocycles. The third kappa shape index (κ3) is 3.10. The van der Waals surface area contributed by atoms with E-state index in [0.717, 1.165) is 24.4 Å². The lowest BCUT2D eigenvalue weighted by atomic mass is 9.89. The molecule has 1 heteroatoms. The van der Waals surface area contributed by atoms with E-state index in [1.54, 1.807) is 0 Å². The summed E-state index contributed by atoms with van der Waals surface area (Å²) < 4.78 is 0. The summed E-state index contributed by atoms with van der Waals surface area (Å²) in [5.41, 5.74) is 2.86. The van der Waals surface area contributed by atoms with Crippen LogP contribution in [0.3, 0.4) is 0 Å². The Morgan fingerprint density at radius 2 is 1.88 bits per heavy atom. The largest absolute Gasteiger partial charge is 0.314 e. The molecule has 94 valence electrons. The van der Waals surface area contributed by atoms with Crippen molar-refractivity contribution in [2.75, 3.05) is 6.54 Å². The lowest BCUT2D eigenvalue weighted by molar-refractivity contribution is 0.355. The first-order valence-electron chi connectivity index (χ1n) is 6.99. The SMILES string of the molecule is CCNC1CCC(Cc2ccc(C)cc2)C1C. The minimum Gasteiger partial charge on any atom is -0.314 e. The number of benzene rings is 1. The maximum absolute atomic E-state index is 3.62. The molecule has 1 nitrogen and oxygen atoms in total. The van der Waals surface area contributed by atoms with Crippen molar-refractivity contribution in [2.45, 2.75) is 46.1 Å². The number of rotatable bonds is 4. The molecular weight excluding hydrogens is 206 g/mol. The third-order valence-electron chi connectivity index (χ3n) is 4.31. The summed E-state index contributed by atoms with van der Waals surface area (Å²) in [7, 11) is 0. The van der Waals surface area contributed by atoms with E-state index in [1.165, 1.54) is 30.4 Å². The molecule has 1 fully saturated rings. The lowest BCUT2D eigenvalue weighted by Gasteiger charge is -2.21. The first-order valence-corrected chi connectivity index (χ1v) is 6.99. The molecule has 1 aromatic carbocycles. The van der Waals surface area contributed by atoms with Crippen molar-refractivity contribution in [1.82, 2.24) is 5.32 Å². The molecule has 0 bridgehead atoms. The second-order valence-electron chi connectivity index (χ2n) is 5.55. The van der Waals surface area contributed by atoms with Crippen LogP contribution >= 0.6 is 0 Å². The number of hydrogen-bond donors (Lipinski definition) is 1. The highest BCUT2D eigenvalue weighted by molar-refractivity contribution is 5.22. The molecule has 3 unspecified atom stereocenters. The Labute approximate surface area is 106 Å². The first-order chi connectivity index (χ1) is 8.20. The van der Waals surface area contributed by atoms with Crippen LogP contribution in [0, 0.1) is 18.8 Å². The van der Waals surface area contributed by atoms with E-state index in [9.17, 15) is 0 Å².